The van der Waals surface area contributed by atoms with Crippen molar-refractivity contribution >= 4 is 53.3 Å². The second-order valence-corrected chi connectivity index (χ2v) is 15.3. The molecule has 346 valence electrons. The summed E-state index contributed by atoms with van der Waals surface area (Å²) < 4.78 is 0. The lowest BCUT2D eigenvalue weighted by atomic mass is 10.0. The summed E-state index contributed by atoms with van der Waals surface area (Å²) in [6.45, 7) is 4.55. The maximum atomic E-state index is 14.0. The number of guanidine groups is 1. The van der Waals surface area contributed by atoms with Crippen molar-refractivity contribution in [3.63, 3.8) is 0 Å². The molecule has 1 aliphatic heterocycles. The molecule has 1 aromatic rings. The Bertz CT molecular complexity index is 1690. The first-order valence-corrected chi connectivity index (χ1v) is 20.8. The number of benzene rings is 1. The molecule has 62 heavy (non-hydrogen) atoms. The molecule has 0 unspecified atom stereocenters. The number of amides is 9. The van der Waals surface area contributed by atoms with Crippen molar-refractivity contribution in [1.29, 1.82) is 0 Å². The van der Waals surface area contributed by atoms with Crippen LogP contribution in [0.15, 0.2) is 29.3 Å². The second kappa shape index (κ2) is 27.6. The topological polar surface area (TPSA) is 373 Å². The first-order valence-electron chi connectivity index (χ1n) is 20.8. The number of nitrogens with zero attached hydrogens (tertiary/aromatic N) is 2. The van der Waals surface area contributed by atoms with E-state index in [-0.39, 0.29) is 89.0 Å². The summed E-state index contributed by atoms with van der Waals surface area (Å²) in [5.74, 6) is -5.24. The number of phenolic OH excluding ortho intramolecular Hbond substituents is 1. The van der Waals surface area contributed by atoms with Crippen molar-refractivity contribution in [3.8, 4) is 5.75 Å². The third kappa shape index (κ3) is 19.9. The van der Waals surface area contributed by atoms with E-state index in [1.807, 2.05) is 13.8 Å². The molecule has 0 bridgehead atoms. The van der Waals surface area contributed by atoms with Gasteiger partial charge < -0.3 is 75.5 Å². The largest absolute Gasteiger partial charge is 0.508 e. The summed E-state index contributed by atoms with van der Waals surface area (Å²) in [4.78, 5) is 112. The van der Waals surface area contributed by atoms with Gasteiger partial charge in [-0.25, -0.2) is 4.79 Å². The monoisotopic (exact) mass is 875 g/mol. The molecule has 0 spiro atoms. The van der Waals surface area contributed by atoms with Gasteiger partial charge in [0.1, 0.15) is 36.0 Å². The Kier molecular flexibility index (Phi) is 23.1. The molecule has 1 aromatic carbocycles. The van der Waals surface area contributed by atoms with Crippen LogP contribution in [-0.2, 0) is 40.0 Å². The predicted molar refractivity (Wildman–Crippen MR) is 229 cm³/mol. The molecular formula is C39H66N14O9. The summed E-state index contributed by atoms with van der Waals surface area (Å²) in [6, 6.07) is -0.993. The third-order valence-corrected chi connectivity index (χ3v) is 9.53. The van der Waals surface area contributed by atoms with Gasteiger partial charge in [0.25, 0.3) is 0 Å². The number of hydrogen-bond donors (Lipinski definition) is 13. The Morgan fingerprint density at radius 1 is 0.774 bits per heavy atom. The second-order valence-electron chi connectivity index (χ2n) is 15.3. The van der Waals surface area contributed by atoms with E-state index in [2.05, 4.69) is 47.5 Å². The molecule has 2 rings (SSSR count). The van der Waals surface area contributed by atoms with Crippen LogP contribution in [0.3, 0.4) is 0 Å². The lowest BCUT2D eigenvalue weighted by Gasteiger charge is -2.29. The molecule has 1 fully saturated rings. The van der Waals surface area contributed by atoms with E-state index in [1.165, 1.54) is 24.3 Å². The maximum absolute atomic E-state index is 14.0. The molecule has 1 heterocycles. The van der Waals surface area contributed by atoms with Crippen LogP contribution in [0.1, 0.15) is 64.9 Å². The zero-order chi connectivity index (χ0) is 46.2. The lowest BCUT2D eigenvalue weighted by molar-refractivity contribution is -0.139. The zero-order valence-electron chi connectivity index (χ0n) is 35.8. The van der Waals surface area contributed by atoms with E-state index >= 15 is 0 Å². The highest BCUT2D eigenvalue weighted by Crippen LogP contribution is 2.13. The molecule has 1 aliphatic rings. The predicted octanol–water partition coefficient (Wildman–Crippen LogP) is -4.18. The van der Waals surface area contributed by atoms with Crippen LogP contribution >= 0.6 is 0 Å². The number of carbonyl (C=O) groups is 8. The van der Waals surface area contributed by atoms with E-state index < -0.39 is 90.7 Å². The molecule has 23 heteroatoms. The zero-order valence-corrected chi connectivity index (χ0v) is 35.8. The van der Waals surface area contributed by atoms with Crippen LogP contribution in [0.2, 0.25) is 0 Å². The van der Waals surface area contributed by atoms with Crippen molar-refractivity contribution in [3.05, 3.63) is 29.8 Å². The highest BCUT2D eigenvalue weighted by Gasteiger charge is 2.33. The average Bonchev–Trinajstić information content (AvgIpc) is 3.21. The molecule has 17 N–H and O–H groups in total. The number of urea groups is 1. The molecule has 0 radical (unpaired) electrons. The molecule has 1 saturated heterocycles. The minimum absolute atomic E-state index is 0.0407. The number of phenols is 1. The normalized spacial score (nSPS) is 22.2. The SMILES string of the molecule is CCC[C@@H]1NC(=O)[C@H](CCCN=C(N)N)NC(=O)CNCCNC(=O)NCCN(CC(N)=O)C(=O)[C@H](CCC(C)C)NC(=O)[C@H](CN)NC(=O)[C@H](Cc2ccc(O)cc2)NC1=O. The summed E-state index contributed by atoms with van der Waals surface area (Å²) >= 11 is 0. The van der Waals surface area contributed by atoms with E-state index in [0.717, 1.165) is 4.90 Å². The van der Waals surface area contributed by atoms with E-state index in [9.17, 15) is 43.5 Å². The Balaban J connectivity index is 2.54. The van der Waals surface area contributed by atoms with Gasteiger partial charge in [-0.3, -0.25) is 38.6 Å². The molecular weight excluding hydrogens is 809 g/mol. The fourth-order valence-corrected chi connectivity index (χ4v) is 6.24. The number of hydrogen-bond acceptors (Lipinski definition) is 12. The van der Waals surface area contributed by atoms with Crippen molar-refractivity contribution in [2.75, 3.05) is 52.4 Å². The summed E-state index contributed by atoms with van der Waals surface area (Å²) in [5, 5.41) is 31.2. The van der Waals surface area contributed by atoms with Gasteiger partial charge in [-0.1, -0.05) is 39.3 Å². The number of nitrogens with two attached hydrogens (primary N) is 4. The van der Waals surface area contributed by atoms with Gasteiger partial charge in [-0.15, -0.1) is 0 Å². The molecule has 0 saturated carbocycles. The van der Waals surface area contributed by atoms with Crippen LogP contribution in [0.25, 0.3) is 0 Å². The van der Waals surface area contributed by atoms with E-state index in [0.29, 0.717) is 18.4 Å². The molecule has 9 amide bonds. The minimum Gasteiger partial charge on any atom is -0.508 e. The first-order chi connectivity index (χ1) is 29.4. The van der Waals surface area contributed by atoms with Gasteiger partial charge in [0, 0.05) is 45.7 Å². The minimum atomic E-state index is -1.41. The Morgan fingerprint density at radius 3 is 1.97 bits per heavy atom. The van der Waals surface area contributed by atoms with Crippen LogP contribution in [0.5, 0.6) is 5.75 Å². The van der Waals surface area contributed by atoms with Gasteiger partial charge in [-0.2, -0.15) is 0 Å². The Labute approximate surface area is 361 Å². The average molecular weight is 875 g/mol. The van der Waals surface area contributed by atoms with Crippen molar-refractivity contribution < 1.29 is 43.5 Å². The molecule has 5 atom stereocenters. The standard InChI is InChI=1S/C39H66N14O9/c1-4-6-26-33(57)51-29(19-24-9-11-25(54)12-10-24)35(59)52-30(20-40)36(60)50-28(13-8-23(2)3)37(61)53(22-31(41)55)18-17-47-39(62)46-16-15-44-21-32(56)48-27(34(58)49-26)7-5-14-45-38(42)43/h9-12,23,26-30,44,54H,4-8,13-22,40H2,1-3H3,(H2,41,55)(H,48,56)(H,49,58)(H,50,60)(H,51,57)(H,52,59)(H4,42,43,45)(H2,46,47,62)/t26-,27-,28-,29-,30-/m0/s1. The summed E-state index contributed by atoms with van der Waals surface area (Å²) in [6.07, 6.45) is 1.43. The van der Waals surface area contributed by atoms with E-state index in [1.54, 1.807) is 6.92 Å². The molecule has 0 aliphatic carbocycles. The van der Waals surface area contributed by atoms with Gasteiger partial charge >= 0.3 is 6.03 Å². The lowest BCUT2D eigenvalue weighted by Crippen LogP contribution is -2.61. The van der Waals surface area contributed by atoms with Crippen molar-refractivity contribution in [2.45, 2.75) is 95.9 Å². The number of aliphatic imine (C=N–C) groups is 1. The number of nitrogens with one attached hydrogen (secondary N) is 8. The quantitative estimate of drug-likeness (QED) is 0.0480. The highest BCUT2D eigenvalue weighted by molar-refractivity contribution is 5.97. The Hall–Kier alpha value is -6.23. The number of primary amides is 1. The number of aromatic hydroxyl groups is 1. The fraction of sp³-hybridized carbons (Fsp3) is 0.615. The van der Waals surface area contributed by atoms with Crippen LogP contribution < -0.4 is 65.5 Å². The van der Waals surface area contributed by atoms with Crippen LogP contribution in [0, 0.1) is 5.92 Å². The smallest absolute Gasteiger partial charge is 0.314 e. The van der Waals surface area contributed by atoms with Gasteiger partial charge in [0.2, 0.25) is 41.4 Å². The van der Waals surface area contributed by atoms with Crippen molar-refractivity contribution in [1.82, 2.24) is 47.4 Å². The van der Waals surface area contributed by atoms with Gasteiger partial charge in [0.05, 0.1) is 13.1 Å². The van der Waals surface area contributed by atoms with Gasteiger partial charge in [-0.05, 0) is 55.7 Å². The van der Waals surface area contributed by atoms with E-state index in [4.69, 9.17) is 22.9 Å². The summed E-state index contributed by atoms with van der Waals surface area (Å²) in [5.41, 5.74) is 22.9. The van der Waals surface area contributed by atoms with Crippen LogP contribution in [-0.4, -0.2) is 146 Å². The molecule has 0 aromatic heterocycles. The highest BCUT2D eigenvalue weighted by atomic mass is 16.3. The maximum Gasteiger partial charge on any atom is 0.314 e. The van der Waals surface area contributed by atoms with Crippen LogP contribution in [0.4, 0.5) is 4.79 Å². The number of rotatable bonds is 14. The van der Waals surface area contributed by atoms with Gasteiger partial charge in [0.15, 0.2) is 5.96 Å². The first kappa shape index (κ1) is 51.9. The summed E-state index contributed by atoms with van der Waals surface area (Å²) in [7, 11) is 0. The Morgan fingerprint density at radius 2 is 1.35 bits per heavy atom. The third-order valence-electron chi connectivity index (χ3n) is 9.53. The van der Waals surface area contributed by atoms with Crippen molar-refractivity contribution in [2.24, 2.45) is 33.8 Å². The number of carbonyl (C=O) groups excluding carboxylic acids is 8. The fourth-order valence-electron chi connectivity index (χ4n) is 6.24. The molecule has 23 nitrogen and oxygen atoms in total.